The highest BCUT2D eigenvalue weighted by atomic mass is 16.5. The standard InChI is InChI=1S/C21H19N3O5/c1-12-8-10-13(11-9-12)24-18-16(17(22-24)21(27)29-3)19(25)23(20(18)26)14-6-4-5-7-15(14)28-2/h4-11,16,18H,1-3H3/t16-,18+/m0/s1. The van der Waals surface area contributed by atoms with Gasteiger partial charge in [-0.05, 0) is 31.2 Å². The summed E-state index contributed by atoms with van der Waals surface area (Å²) in [5, 5.41) is 5.71. The molecule has 148 valence electrons. The number of anilines is 2. The van der Waals surface area contributed by atoms with Crippen molar-refractivity contribution in [2.75, 3.05) is 24.1 Å². The van der Waals surface area contributed by atoms with Gasteiger partial charge in [0.05, 0.1) is 25.6 Å². The monoisotopic (exact) mass is 393 g/mol. The van der Waals surface area contributed by atoms with Crippen LogP contribution in [-0.2, 0) is 19.1 Å². The number of hydrogen-bond acceptors (Lipinski definition) is 7. The second-order valence-corrected chi connectivity index (χ2v) is 6.76. The van der Waals surface area contributed by atoms with Gasteiger partial charge >= 0.3 is 5.97 Å². The van der Waals surface area contributed by atoms with E-state index in [9.17, 15) is 14.4 Å². The lowest BCUT2D eigenvalue weighted by Crippen LogP contribution is -2.39. The van der Waals surface area contributed by atoms with Crippen LogP contribution in [0.5, 0.6) is 5.75 Å². The van der Waals surface area contributed by atoms with Gasteiger partial charge in [-0.3, -0.25) is 14.6 Å². The summed E-state index contributed by atoms with van der Waals surface area (Å²) in [6.45, 7) is 1.94. The molecule has 2 aliphatic rings. The summed E-state index contributed by atoms with van der Waals surface area (Å²) in [5.41, 5.74) is 1.87. The quantitative estimate of drug-likeness (QED) is 0.582. The highest BCUT2D eigenvalue weighted by molar-refractivity contribution is 6.47. The maximum absolute atomic E-state index is 13.4. The molecule has 0 aliphatic carbocycles. The molecule has 0 aromatic heterocycles. The molecule has 2 aliphatic heterocycles. The molecule has 1 fully saturated rings. The van der Waals surface area contributed by atoms with Crippen LogP contribution >= 0.6 is 0 Å². The molecule has 29 heavy (non-hydrogen) atoms. The summed E-state index contributed by atoms with van der Waals surface area (Å²) in [6, 6.07) is 13.1. The van der Waals surface area contributed by atoms with E-state index in [2.05, 4.69) is 5.10 Å². The molecule has 2 atom stereocenters. The fourth-order valence-electron chi connectivity index (χ4n) is 3.65. The predicted octanol–water partition coefficient (Wildman–Crippen LogP) is 1.91. The summed E-state index contributed by atoms with van der Waals surface area (Å²) >= 11 is 0. The Morgan fingerprint density at radius 2 is 1.69 bits per heavy atom. The third-order valence-corrected chi connectivity index (χ3v) is 5.07. The third-order valence-electron chi connectivity index (χ3n) is 5.07. The van der Waals surface area contributed by atoms with Gasteiger partial charge in [0.25, 0.3) is 5.91 Å². The first kappa shape index (κ1) is 18.7. The smallest absolute Gasteiger partial charge is 0.355 e. The van der Waals surface area contributed by atoms with E-state index < -0.39 is 29.7 Å². The maximum Gasteiger partial charge on any atom is 0.355 e. The molecule has 2 amide bonds. The number of para-hydroxylation sites is 2. The summed E-state index contributed by atoms with van der Waals surface area (Å²) in [7, 11) is 2.68. The molecule has 8 heteroatoms. The molecule has 0 unspecified atom stereocenters. The number of aryl methyl sites for hydroxylation is 1. The molecule has 0 radical (unpaired) electrons. The molecule has 0 spiro atoms. The lowest BCUT2D eigenvalue weighted by atomic mass is 9.97. The Labute approximate surface area is 167 Å². The van der Waals surface area contributed by atoms with Gasteiger partial charge in [-0.2, -0.15) is 5.10 Å². The number of rotatable bonds is 4. The van der Waals surface area contributed by atoms with Gasteiger partial charge in [0.15, 0.2) is 5.71 Å². The number of benzene rings is 2. The topological polar surface area (TPSA) is 88.5 Å². The summed E-state index contributed by atoms with van der Waals surface area (Å²) < 4.78 is 10.1. The Bertz CT molecular complexity index is 1030. The second kappa shape index (κ2) is 7.05. The SMILES string of the molecule is COC(=O)C1=NN(c2ccc(C)cc2)[C@H]2C(=O)N(c3ccccc3OC)C(=O)[C@@H]12. The Hall–Kier alpha value is -3.68. The van der Waals surface area contributed by atoms with Crippen molar-refractivity contribution in [2.24, 2.45) is 11.0 Å². The molecule has 2 aromatic carbocycles. The van der Waals surface area contributed by atoms with E-state index in [4.69, 9.17) is 9.47 Å². The van der Waals surface area contributed by atoms with Crippen LogP contribution in [0.3, 0.4) is 0 Å². The van der Waals surface area contributed by atoms with E-state index in [0.717, 1.165) is 10.5 Å². The number of fused-ring (bicyclic) bond motifs is 1. The van der Waals surface area contributed by atoms with Crippen LogP contribution in [0.1, 0.15) is 5.56 Å². The fraction of sp³-hybridized carbons (Fsp3) is 0.238. The number of carbonyl (C=O) groups is 3. The van der Waals surface area contributed by atoms with Crippen molar-refractivity contribution in [2.45, 2.75) is 13.0 Å². The zero-order valence-electron chi connectivity index (χ0n) is 16.2. The highest BCUT2D eigenvalue weighted by Gasteiger charge is 2.59. The van der Waals surface area contributed by atoms with Crippen molar-refractivity contribution < 1.29 is 23.9 Å². The lowest BCUT2D eigenvalue weighted by Gasteiger charge is -2.23. The molecule has 2 aromatic rings. The van der Waals surface area contributed by atoms with Crippen molar-refractivity contribution in [3.05, 3.63) is 54.1 Å². The first-order valence-corrected chi connectivity index (χ1v) is 9.01. The molecule has 1 saturated heterocycles. The van der Waals surface area contributed by atoms with Crippen molar-refractivity contribution in [3.63, 3.8) is 0 Å². The Balaban J connectivity index is 1.82. The number of ether oxygens (including phenoxy) is 2. The van der Waals surface area contributed by atoms with Gasteiger partial charge in [-0.1, -0.05) is 29.8 Å². The number of imide groups is 1. The number of hydrazone groups is 1. The lowest BCUT2D eigenvalue weighted by molar-refractivity contribution is -0.133. The minimum atomic E-state index is -1.05. The Morgan fingerprint density at radius 3 is 2.34 bits per heavy atom. The van der Waals surface area contributed by atoms with Crippen LogP contribution in [0.25, 0.3) is 0 Å². The minimum absolute atomic E-state index is 0.0891. The van der Waals surface area contributed by atoms with Crippen molar-refractivity contribution in [1.29, 1.82) is 0 Å². The van der Waals surface area contributed by atoms with E-state index >= 15 is 0 Å². The van der Waals surface area contributed by atoms with Gasteiger partial charge in [0.2, 0.25) is 5.91 Å². The number of methoxy groups -OCH3 is 2. The Kier molecular flexibility index (Phi) is 4.54. The molecule has 4 rings (SSSR count). The van der Waals surface area contributed by atoms with Crippen LogP contribution in [-0.4, -0.2) is 43.8 Å². The molecule has 0 bridgehead atoms. The van der Waals surface area contributed by atoms with E-state index in [-0.39, 0.29) is 5.71 Å². The third kappa shape index (κ3) is 2.84. The van der Waals surface area contributed by atoms with Gasteiger partial charge in [0, 0.05) is 0 Å². The second-order valence-electron chi connectivity index (χ2n) is 6.76. The normalized spacial score (nSPS) is 20.6. The van der Waals surface area contributed by atoms with Crippen LogP contribution in [0.2, 0.25) is 0 Å². The van der Waals surface area contributed by atoms with Crippen molar-refractivity contribution in [1.82, 2.24) is 0 Å². The number of hydrogen-bond donors (Lipinski definition) is 0. The zero-order chi connectivity index (χ0) is 20.7. The van der Waals surface area contributed by atoms with E-state index in [0.29, 0.717) is 17.1 Å². The number of esters is 1. The largest absolute Gasteiger partial charge is 0.495 e. The highest BCUT2D eigenvalue weighted by Crippen LogP contribution is 2.40. The summed E-state index contributed by atoms with van der Waals surface area (Å²) in [4.78, 5) is 40.0. The van der Waals surface area contributed by atoms with Crippen LogP contribution < -0.4 is 14.6 Å². The van der Waals surface area contributed by atoms with Crippen LogP contribution in [0.15, 0.2) is 53.6 Å². The van der Waals surface area contributed by atoms with Gasteiger partial charge in [-0.15, -0.1) is 0 Å². The molecule has 2 heterocycles. The van der Waals surface area contributed by atoms with Crippen molar-refractivity contribution >= 4 is 34.9 Å². The molecular formula is C21H19N3O5. The summed E-state index contributed by atoms with van der Waals surface area (Å²) in [5.74, 6) is -2.43. The zero-order valence-corrected chi connectivity index (χ0v) is 16.2. The first-order chi connectivity index (χ1) is 14.0. The summed E-state index contributed by atoms with van der Waals surface area (Å²) in [6.07, 6.45) is 0. The van der Waals surface area contributed by atoms with Gasteiger partial charge in [-0.25, -0.2) is 9.69 Å². The van der Waals surface area contributed by atoms with E-state index in [1.165, 1.54) is 19.2 Å². The molecule has 8 nitrogen and oxygen atoms in total. The van der Waals surface area contributed by atoms with E-state index in [1.54, 1.807) is 36.4 Å². The average Bonchev–Trinajstić information content (AvgIpc) is 3.25. The number of nitrogens with zero attached hydrogens (tertiary/aromatic N) is 3. The molecular weight excluding hydrogens is 374 g/mol. The van der Waals surface area contributed by atoms with Gasteiger partial charge in [0.1, 0.15) is 17.7 Å². The number of amides is 2. The Morgan fingerprint density at radius 1 is 1.00 bits per heavy atom. The van der Waals surface area contributed by atoms with Crippen LogP contribution in [0, 0.1) is 12.8 Å². The maximum atomic E-state index is 13.4. The number of carbonyl (C=O) groups excluding carboxylic acids is 3. The average molecular weight is 393 g/mol. The van der Waals surface area contributed by atoms with Gasteiger partial charge < -0.3 is 9.47 Å². The molecule has 0 saturated carbocycles. The van der Waals surface area contributed by atoms with E-state index in [1.807, 2.05) is 19.1 Å². The fourth-order valence-corrected chi connectivity index (χ4v) is 3.65. The molecule has 0 N–H and O–H groups in total. The minimum Gasteiger partial charge on any atom is -0.495 e. The predicted molar refractivity (Wildman–Crippen MR) is 106 cm³/mol. The van der Waals surface area contributed by atoms with Crippen molar-refractivity contribution in [3.8, 4) is 5.75 Å². The first-order valence-electron chi connectivity index (χ1n) is 9.01. The van der Waals surface area contributed by atoms with Crippen LogP contribution in [0.4, 0.5) is 11.4 Å².